The number of likely N-dealkylation sites (tertiary alicyclic amines) is 1. The first-order chi connectivity index (χ1) is 14.2. The first-order valence-electron chi connectivity index (χ1n) is 11.9. The smallest absolute Gasteiger partial charge is 0.410 e. The molecule has 0 N–H and O–H groups in total. The van der Waals surface area contributed by atoms with E-state index in [9.17, 15) is 9.59 Å². The summed E-state index contributed by atoms with van der Waals surface area (Å²) in [6.07, 6.45) is 17.8. The Hall–Kier alpha value is -0.970. The van der Waals surface area contributed by atoms with Crippen LogP contribution in [0.4, 0.5) is 4.79 Å². The van der Waals surface area contributed by atoms with E-state index in [0.29, 0.717) is 19.6 Å². The molecule has 1 atom stereocenters. The van der Waals surface area contributed by atoms with Crippen molar-refractivity contribution in [3.8, 4) is 0 Å². The number of ether oxygens (including phenoxy) is 2. The predicted octanol–water partition coefficient (Wildman–Crippen LogP) is 6.46. The Balaban J connectivity index is 1.95. The van der Waals surface area contributed by atoms with Crippen LogP contribution in [0.15, 0.2) is 0 Å². The molecule has 6 heteroatoms. The molecule has 0 aliphatic carbocycles. The molecular formula is C23H42ClNO4. The summed E-state index contributed by atoms with van der Waals surface area (Å²) in [6.45, 7) is 3.41. The van der Waals surface area contributed by atoms with Gasteiger partial charge in [0.25, 0.3) is 0 Å². The van der Waals surface area contributed by atoms with Gasteiger partial charge in [0.05, 0.1) is 12.5 Å². The van der Waals surface area contributed by atoms with E-state index in [1.165, 1.54) is 75.5 Å². The maximum absolute atomic E-state index is 12.3. The summed E-state index contributed by atoms with van der Waals surface area (Å²) in [5, 5.41) is 0. The Kier molecular flexibility index (Phi) is 16.0. The topological polar surface area (TPSA) is 55.8 Å². The van der Waals surface area contributed by atoms with E-state index in [4.69, 9.17) is 21.1 Å². The van der Waals surface area contributed by atoms with Crippen molar-refractivity contribution in [3.63, 3.8) is 0 Å². The van der Waals surface area contributed by atoms with Crippen molar-refractivity contribution in [3.05, 3.63) is 0 Å². The lowest BCUT2D eigenvalue weighted by molar-refractivity contribution is -0.148. The van der Waals surface area contributed by atoms with Crippen LogP contribution in [0.3, 0.4) is 0 Å². The lowest BCUT2D eigenvalue weighted by Crippen LogP contribution is -2.42. The molecule has 1 saturated heterocycles. The maximum Gasteiger partial charge on any atom is 0.410 e. The third-order valence-corrected chi connectivity index (χ3v) is 5.71. The third-order valence-electron chi connectivity index (χ3n) is 5.55. The summed E-state index contributed by atoms with van der Waals surface area (Å²) in [5.74, 6) is -0.0439. The summed E-state index contributed by atoms with van der Waals surface area (Å²) in [7, 11) is 0. The van der Waals surface area contributed by atoms with Gasteiger partial charge in [0.15, 0.2) is 0 Å². The number of nitrogens with zero attached hydrogens (tertiary/aromatic N) is 1. The molecule has 170 valence electrons. The van der Waals surface area contributed by atoms with E-state index >= 15 is 0 Å². The van der Waals surface area contributed by atoms with Gasteiger partial charge in [0.2, 0.25) is 0 Å². The lowest BCUT2D eigenvalue weighted by Gasteiger charge is -2.22. The minimum atomic E-state index is -0.500. The number of rotatable bonds is 17. The van der Waals surface area contributed by atoms with Crippen LogP contribution in [0.25, 0.3) is 0 Å². The molecule has 1 rings (SSSR count). The van der Waals surface area contributed by atoms with E-state index in [1.54, 1.807) is 0 Å². The van der Waals surface area contributed by atoms with Crippen LogP contribution in [0, 0.1) is 0 Å². The zero-order chi connectivity index (χ0) is 21.2. The summed E-state index contributed by atoms with van der Waals surface area (Å²) < 4.78 is 10.4. The van der Waals surface area contributed by atoms with Crippen molar-refractivity contribution in [2.45, 2.75) is 109 Å². The fourth-order valence-corrected chi connectivity index (χ4v) is 3.91. The summed E-state index contributed by atoms with van der Waals surface area (Å²) in [6, 6.07) is -0.500. The van der Waals surface area contributed by atoms with Crippen LogP contribution in [0.1, 0.15) is 103 Å². The van der Waals surface area contributed by atoms with Gasteiger partial charge in [-0.2, -0.15) is 0 Å². The van der Waals surface area contributed by atoms with Crippen LogP contribution < -0.4 is 0 Å². The van der Waals surface area contributed by atoms with Gasteiger partial charge in [0, 0.05) is 6.54 Å². The van der Waals surface area contributed by atoms with E-state index in [1.807, 2.05) is 0 Å². The first kappa shape index (κ1) is 26.1. The monoisotopic (exact) mass is 431 g/mol. The standard InChI is InChI=1S/C23H42ClNO4/c1-2-3-4-5-6-7-8-9-10-11-12-13-14-19-28-22(26)21-16-15-18-25(21)23(27)29-20-17-24/h21H,2-20H2,1H3. The van der Waals surface area contributed by atoms with Gasteiger partial charge in [-0.15, -0.1) is 11.6 Å². The highest BCUT2D eigenvalue weighted by Crippen LogP contribution is 2.20. The molecule has 1 aliphatic rings. The summed E-state index contributed by atoms with van der Waals surface area (Å²) in [5.41, 5.74) is 0. The molecule has 0 aromatic carbocycles. The summed E-state index contributed by atoms with van der Waals surface area (Å²) >= 11 is 5.54. The third kappa shape index (κ3) is 12.3. The second-order valence-electron chi connectivity index (χ2n) is 8.06. The van der Waals surface area contributed by atoms with Crippen LogP contribution in [-0.2, 0) is 14.3 Å². The second-order valence-corrected chi connectivity index (χ2v) is 8.44. The van der Waals surface area contributed by atoms with Gasteiger partial charge in [0.1, 0.15) is 12.6 Å². The van der Waals surface area contributed by atoms with E-state index < -0.39 is 12.1 Å². The van der Waals surface area contributed by atoms with E-state index in [0.717, 1.165) is 19.3 Å². The number of esters is 1. The molecule has 0 spiro atoms. The van der Waals surface area contributed by atoms with Gasteiger partial charge in [-0.1, -0.05) is 84.0 Å². The van der Waals surface area contributed by atoms with Crippen LogP contribution in [-0.4, -0.2) is 48.6 Å². The molecule has 1 fully saturated rings. The van der Waals surface area contributed by atoms with E-state index in [2.05, 4.69) is 6.92 Å². The highest BCUT2D eigenvalue weighted by Gasteiger charge is 2.36. The van der Waals surface area contributed by atoms with Gasteiger partial charge in [-0.25, -0.2) is 9.59 Å². The number of carbonyl (C=O) groups is 2. The fourth-order valence-electron chi connectivity index (χ4n) is 3.83. The highest BCUT2D eigenvalue weighted by molar-refractivity contribution is 6.18. The van der Waals surface area contributed by atoms with Gasteiger partial charge in [-0.3, -0.25) is 4.90 Å². The van der Waals surface area contributed by atoms with Crippen molar-refractivity contribution < 1.29 is 19.1 Å². The fraction of sp³-hybridized carbons (Fsp3) is 0.913. The lowest BCUT2D eigenvalue weighted by atomic mass is 10.0. The molecule has 1 unspecified atom stereocenters. The highest BCUT2D eigenvalue weighted by atomic mass is 35.5. The molecule has 0 radical (unpaired) electrons. The maximum atomic E-state index is 12.3. The molecule has 0 aromatic heterocycles. The molecule has 0 aromatic rings. The number of halogens is 1. The molecule has 1 aliphatic heterocycles. The Morgan fingerprint density at radius 3 is 1.93 bits per heavy atom. The number of hydrogen-bond donors (Lipinski definition) is 0. The normalized spacial score (nSPS) is 16.2. The van der Waals surface area contributed by atoms with Gasteiger partial charge >= 0.3 is 12.1 Å². The van der Waals surface area contributed by atoms with Crippen LogP contribution in [0.5, 0.6) is 0 Å². The molecule has 0 bridgehead atoms. The molecule has 29 heavy (non-hydrogen) atoms. The zero-order valence-corrected chi connectivity index (χ0v) is 19.2. The predicted molar refractivity (Wildman–Crippen MR) is 118 cm³/mol. The molecule has 5 nitrogen and oxygen atoms in total. The van der Waals surface area contributed by atoms with Gasteiger partial charge < -0.3 is 9.47 Å². The summed E-state index contributed by atoms with van der Waals surface area (Å²) in [4.78, 5) is 25.7. The SMILES string of the molecule is CCCCCCCCCCCCCCCOC(=O)C1CCCN1C(=O)OCCCl. The van der Waals surface area contributed by atoms with Gasteiger partial charge in [-0.05, 0) is 19.3 Å². The Morgan fingerprint density at radius 2 is 1.38 bits per heavy atom. The zero-order valence-electron chi connectivity index (χ0n) is 18.5. The quantitative estimate of drug-likeness (QED) is 0.150. The number of unbranched alkanes of at least 4 members (excludes halogenated alkanes) is 12. The van der Waals surface area contributed by atoms with Crippen molar-refractivity contribution in [1.82, 2.24) is 4.90 Å². The van der Waals surface area contributed by atoms with Crippen LogP contribution in [0.2, 0.25) is 0 Å². The Morgan fingerprint density at radius 1 is 0.828 bits per heavy atom. The van der Waals surface area contributed by atoms with Crippen molar-refractivity contribution in [1.29, 1.82) is 0 Å². The minimum absolute atomic E-state index is 0.164. The first-order valence-corrected chi connectivity index (χ1v) is 12.4. The number of carbonyl (C=O) groups excluding carboxylic acids is 2. The average molecular weight is 432 g/mol. The number of alkyl halides is 1. The largest absolute Gasteiger partial charge is 0.464 e. The van der Waals surface area contributed by atoms with E-state index in [-0.39, 0.29) is 18.5 Å². The van der Waals surface area contributed by atoms with Crippen molar-refractivity contribution >= 4 is 23.7 Å². The minimum Gasteiger partial charge on any atom is -0.464 e. The average Bonchev–Trinajstić information content (AvgIpc) is 3.22. The molecule has 1 amide bonds. The number of hydrogen-bond acceptors (Lipinski definition) is 4. The van der Waals surface area contributed by atoms with Crippen LogP contribution >= 0.6 is 11.6 Å². The molecular weight excluding hydrogens is 390 g/mol. The molecule has 1 heterocycles. The van der Waals surface area contributed by atoms with Crippen molar-refractivity contribution in [2.75, 3.05) is 25.6 Å². The second kappa shape index (κ2) is 17.9. The van der Waals surface area contributed by atoms with Crippen molar-refractivity contribution in [2.24, 2.45) is 0 Å². The Labute approximate surface area is 182 Å². The number of amides is 1. The molecule has 0 saturated carbocycles. The Bertz CT molecular complexity index is 433.